The van der Waals surface area contributed by atoms with Crippen LogP contribution in [-0.2, 0) is 42.9 Å². The third kappa shape index (κ3) is 5.43. The Bertz CT molecular complexity index is 2310. The molecule has 1 heterocycles. The van der Waals surface area contributed by atoms with Gasteiger partial charge in [-0.1, -0.05) is 87.5 Å². The average molecular weight is 854 g/mol. The predicted octanol–water partition coefficient (Wildman–Crippen LogP) is 3.43. The van der Waals surface area contributed by atoms with Gasteiger partial charge in [-0.05, 0) is 36.8 Å². The summed E-state index contributed by atoms with van der Waals surface area (Å²) >= 11 is 0. The van der Waals surface area contributed by atoms with E-state index in [1.807, 2.05) is 0 Å². The van der Waals surface area contributed by atoms with Gasteiger partial charge >= 0.3 is 23.9 Å². The molecule has 1 aliphatic heterocycles. The van der Waals surface area contributed by atoms with E-state index in [1.165, 1.54) is 19.1 Å². The monoisotopic (exact) mass is 853 g/mol. The summed E-state index contributed by atoms with van der Waals surface area (Å²) in [7, 11) is 0. The van der Waals surface area contributed by atoms with Gasteiger partial charge in [0.2, 0.25) is 0 Å². The first-order valence-corrected chi connectivity index (χ1v) is 20.8. The fraction of sp³-hybridized carbons (Fsp3) is 0.489. The fourth-order valence-electron chi connectivity index (χ4n) is 12.8. The van der Waals surface area contributed by atoms with Gasteiger partial charge in [0.25, 0.3) is 5.91 Å². The maximum atomic E-state index is 15.5. The topological polar surface area (TPSA) is 221 Å². The van der Waals surface area contributed by atoms with Gasteiger partial charge in [-0.3, -0.25) is 19.2 Å². The normalized spacial score (nSPS) is 36.9. The minimum Gasteiger partial charge on any atom is -0.460 e. The molecule has 0 radical (unpaired) electrons. The fourth-order valence-corrected chi connectivity index (χ4v) is 12.8. The number of aliphatic hydroxyl groups excluding tert-OH is 2. The molecule has 15 nitrogen and oxygen atoms in total. The highest BCUT2D eigenvalue weighted by Gasteiger charge is 3.02. The maximum absolute atomic E-state index is 15.5. The van der Waals surface area contributed by atoms with Crippen molar-refractivity contribution in [3.63, 3.8) is 0 Å². The van der Waals surface area contributed by atoms with E-state index in [0.29, 0.717) is 5.56 Å². The Balaban J connectivity index is 1.32. The summed E-state index contributed by atoms with van der Waals surface area (Å²) < 4.78 is 31.3. The van der Waals surface area contributed by atoms with Crippen LogP contribution in [0.1, 0.15) is 86.7 Å². The van der Waals surface area contributed by atoms with Crippen LogP contribution < -0.4 is 5.32 Å². The molecule has 5 fully saturated rings. The minimum atomic E-state index is -2.31. The van der Waals surface area contributed by atoms with Crippen LogP contribution in [0.4, 0.5) is 0 Å². The highest BCUT2D eigenvalue weighted by Crippen LogP contribution is 2.89. The molecule has 4 N–H and O–H groups in total. The van der Waals surface area contributed by atoms with Crippen molar-refractivity contribution in [2.75, 3.05) is 6.61 Å². The SMILES string of the molecule is CC(=O)OC1C(=O)C2(C)C(O)CC3OCC3(OC(C)=O)C23C(OC(=O)c2ccccc2)C2(O)CC(OC(=O)C(O)C(NC(=O)c4ccccc4)c4ccccc4)C(C)C13C2(C)C. The zero-order valence-corrected chi connectivity index (χ0v) is 35.2. The molecule has 15 heteroatoms. The highest BCUT2D eigenvalue weighted by atomic mass is 16.6. The molecule has 3 aromatic carbocycles. The molecule has 3 aromatic rings. The predicted molar refractivity (Wildman–Crippen MR) is 216 cm³/mol. The van der Waals surface area contributed by atoms with Crippen LogP contribution in [0, 0.1) is 27.6 Å². The maximum Gasteiger partial charge on any atom is 0.338 e. The van der Waals surface area contributed by atoms with Crippen LogP contribution in [0.3, 0.4) is 0 Å². The van der Waals surface area contributed by atoms with Gasteiger partial charge in [-0.2, -0.15) is 0 Å². The first-order valence-electron chi connectivity index (χ1n) is 20.8. The van der Waals surface area contributed by atoms with Gasteiger partial charge in [0.05, 0.1) is 35.1 Å². The summed E-state index contributed by atoms with van der Waals surface area (Å²) in [6.45, 7) is 8.25. The van der Waals surface area contributed by atoms with Crippen LogP contribution in [0.15, 0.2) is 91.0 Å². The number of carbonyl (C=O) groups is 6. The zero-order chi connectivity index (χ0) is 44.8. The lowest BCUT2D eigenvalue weighted by Crippen LogP contribution is -2.84. The van der Waals surface area contributed by atoms with Crippen LogP contribution in [0.2, 0.25) is 0 Å². The number of fused-ring (bicyclic) bond motifs is 2. The highest BCUT2D eigenvalue weighted by molar-refractivity contribution is 5.98. The number of ketones is 1. The summed E-state index contributed by atoms with van der Waals surface area (Å²) in [4.78, 5) is 84.6. The van der Waals surface area contributed by atoms with Crippen molar-refractivity contribution in [3.8, 4) is 0 Å². The Hall–Kier alpha value is -5.48. The van der Waals surface area contributed by atoms with Crippen molar-refractivity contribution in [2.24, 2.45) is 27.6 Å². The van der Waals surface area contributed by atoms with Gasteiger partial charge in [0.1, 0.15) is 23.9 Å². The van der Waals surface area contributed by atoms with E-state index >= 15 is 4.79 Å². The number of benzene rings is 3. The molecule has 328 valence electrons. The van der Waals surface area contributed by atoms with Crippen molar-refractivity contribution in [1.29, 1.82) is 0 Å². The molecule has 2 spiro atoms. The number of hydrogen-bond donors (Lipinski definition) is 4. The molecule has 13 atom stereocenters. The summed E-state index contributed by atoms with van der Waals surface area (Å²) in [6, 6.07) is 23.0. The molecule has 8 rings (SSSR count). The third-order valence-corrected chi connectivity index (χ3v) is 15.3. The average Bonchev–Trinajstić information content (AvgIpc) is 3.46. The van der Waals surface area contributed by atoms with Crippen molar-refractivity contribution in [3.05, 3.63) is 108 Å². The molecule has 4 saturated carbocycles. The molecular formula is C47H51NO14. The lowest BCUT2D eigenvalue weighted by atomic mass is 9.37. The molecule has 5 aliphatic rings. The number of carbonyl (C=O) groups excluding carboxylic acids is 6. The molecule has 2 bridgehead atoms. The van der Waals surface area contributed by atoms with E-state index < -0.39 is 123 Å². The summed E-state index contributed by atoms with van der Waals surface area (Å²) in [5.74, 6) is -6.35. The second kappa shape index (κ2) is 14.8. The molecule has 4 aliphatic carbocycles. The Morgan fingerprint density at radius 1 is 0.823 bits per heavy atom. The summed E-state index contributed by atoms with van der Waals surface area (Å²) in [6.07, 6.45) is -10.5. The molecule has 1 saturated heterocycles. The van der Waals surface area contributed by atoms with Crippen LogP contribution in [0.5, 0.6) is 0 Å². The lowest BCUT2D eigenvalue weighted by Gasteiger charge is -2.70. The molecule has 0 aromatic heterocycles. The Labute approximate surface area is 358 Å². The number of esters is 4. The Morgan fingerprint density at radius 3 is 1.95 bits per heavy atom. The number of aliphatic hydroxyl groups is 3. The van der Waals surface area contributed by atoms with E-state index in [9.17, 15) is 39.3 Å². The van der Waals surface area contributed by atoms with Gasteiger partial charge in [0.15, 0.2) is 23.6 Å². The van der Waals surface area contributed by atoms with Crippen LogP contribution in [-0.4, -0.2) is 105 Å². The van der Waals surface area contributed by atoms with Crippen molar-refractivity contribution >= 4 is 35.6 Å². The van der Waals surface area contributed by atoms with E-state index in [0.717, 1.165) is 13.8 Å². The lowest BCUT2D eigenvalue weighted by molar-refractivity contribution is -0.387. The van der Waals surface area contributed by atoms with Gasteiger partial charge in [-0.15, -0.1) is 0 Å². The van der Waals surface area contributed by atoms with Crippen molar-refractivity contribution in [1.82, 2.24) is 5.32 Å². The van der Waals surface area contributed by atoms with Crippen LogP contribution in [0.25, 0.3) is 0 Å². The number of Topliss-reactive ketones (excluding diaryl/α,β-unsaturated/α-hetero) is 1. The largest absolute Gasteiger partial charge is 0.460 e. The Morgan fingerprint density at radius 2 is 1.40 bits per heavy atom. The number of rotatable bonds is 10. The van der Waals surface area contributed by atoms with E-state index in [4.69, 9.17) is 23.7 Å². The smallest absolute Gasteiger partial charge is 0.338 e. The minimum absolute atomic E-state index is 0.0753. The van der Waals surface area contributed by atoms with E-state index in [2.05, 4.69) is 5.32 Å². The molecule has 62 heavy (non-hydrogen) atoms. The van der Waals surface area contributed by atoms with E-state index in [1.54, 1.807) is 99.6 Å². The first-order chi connectivity index (χ1) is 29.3. The number of amides is 1. The van der Waals surface area contributed by atoms with Crippen molar-refractivity contribution < 1.29 is 67.8 Å². The Kier molecular flexibility index (Phi) is 10.3. The summed E-state index contributed by atoms with van der Waals surface area (Å²) in [5, 5.41) is 40.7. The molecule has 1 amide bonds. The third-order valence-electron chi connectivity index (χ3n) is 15.3. The standard InChI is InChI=1S/C47H51NO14/c1-25-31(60-40(56)35(52)34(28-16-10-7-11-17-28)48-38(54)29-18-12-8-13-19-29)23-44(57)41(61-39(55)30-20-14-9-15-21-30)47-43(6,32(51)22-33-45(47,24-58-33)62-27(3)50)36(53)37(59-26(2)49)46(25,47)42(44,4)5/h7-21,25,31-35,37,41,51-52,57H,22-24H2,1-6H3,(H,48,54). The van der Waals surface area contributed by atoms with Crippen molar-refractivity contribution in [2.45, 2.75) is 108 Å². The molecular weight excluding hydrogens is 803 g/mol. The molecule has 13 unspecified atom stereocenters. The van der Waals surface area contributed by atoms with Crippen LogP contribution >= 0.6 is 0 Å². The van der Waals surface area contributed by atoms with E-state index in [-0.39, 0.29) is 24.2 Å². The van der Waals surface area contributed by atoms with Gasteiger partial charge in [-0.25, -0.2) is 9.59 Å². The number of nitrogens with one attached hydrogen (secondary N) is 1. The second-order valence-electron chi connectivity index (χ2n) is 18.1. The van der Waals surface area contributed by atoms with Gasteiger partial charge < -0.3 is 44.3 Å². The number of hydrogen-bond acceptors (Lipinski definition) is 14. The quantitative estimate of drug-likeness (QED) is 0.170. The second-order valence-corrected chi connectivity index (χ2v) is 18.1. The number of ether oxygens (including phenoxy) is 5. The summed E-state index contributed by atoms with van der Waals surface area (Å²) in [5.41, 5.74) is -11.4. The zero-order valence-electron chi connectivity index (χ0n) is 35.2. The first kappa shape index (κ1) is 43.2. The van der Waals surface area contributed by atoms with Gasteiger partial charge in [0, 0.05) is 49.0 Å².